The normalized spacial score (nSPS) is 0. The maximum absolute atomic E-state index is 0. The Hall–Kier alpha value is 3.68. The summed E-state index contributed by atoms with van der Waals surface area (Å²) < 4.78 is 0. The number of hydrogen-bond donors (Lipinski definition) is 0. The van der Waals surface area contributed by atoms with Gasteiger partial charge in [0.15, 0.2) is 0 Å². The molecule has 0 aromatic rings. The first kappa shape index (κ1) is 74.0. The summed E-state index contributed by atoms with van der Waals surface area (Å²) in [6, 6.07) is 0. The minimum atomic E-state index is 0. The van der Waals surface area contributed by atoms with E-state index in [-0.39, 0.29) is 120 Å². The molecule has 7 heavy (non-hydrogen) atoms. The number of rotatable bonds is 0. The van der Waals surface area contributed by atoms with Crippen LogP contribution in [0.3, 0.4) is 0 Å². The molecule has 53 valence electrons. The van der Waals surface area contributed by atoms with Crippen LogP contribution in [0.2, 0.25) is 0 Å². The molecule has 0 aromatic heterocycles. The van der Waals surface area contributed by atoms with Crippen LogP contribution in [0.5, 0.6) is 0 Å². The van der Waals surface area contributed by atoms with Crippen LogP contribution in [-0.4, -0.2) is 52.1 Å². The average Bonchev–Trinajstić information content (AvgIpc) is 0. The minimum Gasteiger partial charge on any atom is 0 e. The molecule has 0 fully saturated rings. The molecular formula is Al3Cu4. The summed E-state index contributed by atoms with van der Waals surface area (Å²) in [6.07, 6.45) is 0. The third-order valence-corrected chi connectivity index (χ3v) is 0. The second-order valence-electron chi connectivity index (χ2n) is 0. The van der Waals surface area contributed by atoms with Crippen molar-refractivity contribution in [1.29, 1.82) is 0 Å². The summed E-state index contributed by atoms with van der Waals surface area (Å²) in [6.45, 7) is 0. The summed E-state index contributed by atoms with van der Waals surface area (Å²) in [5.41, 5.74) is 0. The van der Waals surface area contributed by atoms with Crippen molar-refractivity contribution in [1.82, 2.24) is 0 Å². The van der Waals surface area contributed by atoms with Crippen LogP contribution in [0.4, 0.5) is 0 Å². The molecule has 0 heterocycles. The van der Waals surface area contributed by atoms with E-state index in [1.54, 1.807) is 0 Å². The first-order chi connectivity index (χ1) is 0. The Labute approximate surface area is 118 Å². The molecule has 0 nitrogen and oxygen atoms in total. The van der Waals surface area contributed by atoms with Crippen LogP contribution in [-0.2, 0) is 68.3 Å². The van der Waals surface area contributed by atoms with Gasteiger partial charge in [0.1, 0.15) is 0 Å². The second kappa shape index (κ2) is 53.9. The fourth-order valence-electron chi connectivity index (χ4n) is 0. The minimum absolute atomic E-state index is 0. The quantitative estimate of drug-likeness (QED) is 0.491. The Bertz CT molecular complexity index is 6.90. The first-order valence-corrected chi connectivity index (χ1v) is 0. The van der Waals surface area contributed by atoms with Crippen molar-refractivity contribution in [3.05, 3.63) is 0 Å². The van der Waals surface area contributed by atoms with Crippen LogP contribution in [0, 0.1) is 0 Å². The van der Waals surface area contributed by atoms with Crippen LogP contribution >= 0.6 is 0 Å². The third-order valence-electron chi connectivity index (χ3n) is 0. The van der Waals surface area contributed by atoms with Gasteiger partial charge < -0.3 is 0 Å². The molecule has 0 aliphatic carbocycles. The predicted molar refractivity (Wildman–Crippen MR) is 17.3 cm³/mol. The zero-order chi connectivity index (χ0) is 0. The van der Waals surface area contributed by atoms with Crippen molar-refractivity contribution in [3.63, 3.8) is 0 Å². The molecule has 0 spiro atoms. The van der Waals surface area contributed by atoms with Crippen molar-refractivity contribution >= 4 is 52.1 Å². The molecule has 0 aromatic carbocycles. The predicted octanol–water partition coefficient (Wildman–Crippen LogP) is -1.15. The maximum Gasteiger partial charge on any atom is 0 e. The van der Waals surface area contributed by atoms with Gasteiger partial charge in [0, 0.05) is 120 Å². The molecule has 0 unspecified atom stereocenters. The average molecular weight is 335 g/mol. The van der Waals surface area contributed by atoms with Crippen molar-refractivity contribution < 1.29 is 68.3 Å². The summed E-state index contributed by atoms with van der Waals surface area (Å²) in [7, 11) is 0. The van der Waals surface area contributed by atoms with E-state index in [1.807, 2.05) is 0 Å². The molecule has 0 bridgehead atoms. The van der Waals surface area contributed by atoms with E-state index in [4.69, 9.17) is 0 Å². The summed E-state index contributed by atoms with van der Waals surface area (Å²) in [4.78, 5) is 0. The van der Waals surface area contributed by atoms with E-state index in [1.165, 1.54) is 0 Å². The molecule has 0 atom stereocenters. The van der Waals surface area contributed by atoms with Gasteiger partial charge in [-0.25, -0.2) is 0 Å². The Balaban J connectivity index is 0. The SMILES string of the molecule is [Al].[Al].[Al].[Cu].[Cu].[Cu].[Cu]. The van der Waals surface area contributed by atoms with E-state index in [9.17, 15) is 0 Å². The van der Waals surface area contributed by atoms with Gasteiger partial charge in [0.2, 0.25) is 0 Å². The van der Waals surface area contributed by atoms with Crippen molar-refractivity contribution in [2.45, 2.75) is 0 Å². The zero-order valence-electron chi connectivity index (χ0n) is 2.94. The van der Waals surface area contributed by atoms with Gasteiger partial charge in [-0.15, -0.1) is 0 Å². The zero-order valence-corrected chi connectivity index (χ0v) is 10.2. The van der Waals surface area contributed by atoms with Crippen LogP contribution in [0.25, 0.3) is 0 Å². The van der Waals surface area contributed by atoms with Gasteiger partial charge in [-0.05, 0) is 0 Å². The fraction of sp³-hybridized carbons (Fsp3) is 0. The molecule has 0 aliphatic heterocycles. The van der Waals surface area contributed by atoms with Crippen molar-refractivity contribution in [2.75, 3.05) is 0 Å². The smallest absolute Gasteiger partial charge is 0 e. The van der Waals surface area contributed by atoms with E-state index in [0.717, 1.165) is 0 Å². The first-order valence-electron chi connectivity index (χ1n) is 0. The van der Waals surface area contributed by atoms with Gasteiger partial charge in [-0.2, -0.15) is 0 Å². The largest absolute Gasteiger partial charge is 0 e. The Morgan fingerprint density at radius 3 is 0.286 bits per heavy atom. The molecule has 13 radical (unpaired) electrons. The summed E-state index contributed by atoms with van der Waals surface area (Å²) in [5, 5.41) is 0. The second-order valence-corrected chi connectivity index (χ2v) is 0. The van der Waals surface area contributed by atoms with Crippen molar-refractivity contribution in [2.24, 2.45) is 0 Å². The standard InChI is InChI=1S/3Al.4Cu. The van der Waals surface area contributed by atoms with E-state index in [0.29, 0.717) is 0 Å². The Morgan fingerprint density at radius 2 is 0.286 bits per heavy atom. The van der Waals surface area contributed by atoms with Crippen LogP contribution in [0.1, 0.15) is 0 Å². The van der Waals surface area contributed by atoms with Gasteiger partial charge in [0.25, 0.3) is 0 Å². The van der Waals surface area contributed by atoms with Gasteiger partial charge in [-0.3, -0.25) is 0 Å². The molecule has 0 amide bonds. The van der Waals surface area contributed by atoms with E-state index >= 15 is 0 Å². The van der Waals surface area contributed by atoms with E-state index < -0.39 is 0 Å². The van der Waals surface area contributed by atoms with Gasteiger partial charge in [-0.1, -0.05) is 0 Å². The van der Waals surface area contributed by atoms with Gasteiger partial charge >= 0.3 is 0 Å². The van der Waals surface area contributed by atoms with Gasteiger partial charge in [0.05, 0.1) is 0 Å². The molecule has 0 aliphatic rings. The monoisotopic (exact) mass is 333 g/mol. The Morgan fingerprint density at radius 1 is 0.286 bits per heavy atom. The van der Waals surface area contributed by atoms with Crippen LogP contribution < -0.4 is 0 Å². The number of hydrogen-bond acceptors (Lipinski definition) is 0. The molecule has 0 saturated heterocycles. The molecule has 0 rings (SSSR count). The summed E-state index contributed by atoms with van der Waals surface area (Å²) in [5.74, 6) is 0. The molecule has 0 N–H and O–H groups in total. The Kier molecular flexibility index (Phi) is 570. The third kappa shape index (κ3) is 42.2. The fourth-order valence-corrected chi connectivity index (χ4v) is 0. The summed E-state index contributed by atoms with van der Waals surface area (Å²) >= 11 is 0. The molecule has 0 saturated carbocycles. The van der Waals surface area contributed by atoms with E-state index in [2.05, 4.69) is 0 Å². The van der Waals surface area contributed by atoms with Crippen molar-refractivity contribution in [3.8, 4) is 0 Å². The topological polar surface area (TPSA) is 0 Å². The molecular weight excluding hydrogens is 335 g/mol. The van der Waals surface area contributed by atoms with Crippen LogP contribution in [0.15, 0.2) is 0 Å². The molecule has 7 heteroatoms. The maximum atomic E-state index is 0.